The maximum absolute atomic E-state index is 11.6. The average Bonchev–Trinajstić information content (AvgIpc) is 3.28. The number of aromatic carboxylic acids is 1. The predicted molar refractivity (Wildman–Crippen MR) is 168 cm³/mol. The van der Waals surface area contributed by atoms with Crippen molar-refractivity contribution in [2.75, 3.05) is 13.4 Å². The van der Waals surface area contributed by atoms with E-state index < -0.39 is 5.97 Å². The second-order valence-electron chi connectivity index (χ2n) is 17.9. The summed E-state index contributed by atoms with van der Waals surface area (Å²) in [5.74, 6) is 2.27. The molecule has 10 atom stereocenters. The minimum absolute atomic E-state index is 0.0265. The lowest BCUT2D eigenvalue weighted by Gasteiger charge is -2.73. The molecule has 6 aliphatic rings. The van der Waals surface area contributed by atoms with Crippen LogP contribution < -0.4 is 4.74 Å². The van der Waals surface area contributed by atoms with E-state index in [1.54, 1.807) is 18.2 Å². The summed E-state index contributed by atoms with van der Waals surface area (Å²) in [7, 11) is 0. The third-order valence-electron chi connectivity index (χ3n) is 15.7. The van der Waals surface area contributed by atoms with Gasteiger partial charge in [-0.25, -0.2) is 4.79 Å². The molecule has 5 aliphatic carbocycles. The van der Waals surface area contributed by atoms with Gasteiger partial charge < -0.3 is 19.3 Å². The topological polar surface area (TPSA) is 65.0 Å². The van der Waals surface area contributed by atoms with Gasteiger partial charge >= 0.3 is 5.97 Å². The van der Waals surface area contributed by atoms with E-state index in [1.807, 2.05) is 6.07 Å². The van der Waals surface area contributed by atoms with E-state index >= 15 is 0 Å². The molecule has 2 bridgehead atoms. The van der Waals surface area contributed by atoms with Gasteiger partial charge in [-0.15, -0.1) is 0 Å². The second kappa shape index (κ2) is 9.71. The molecule has 7 rings (SSSR count). The number of ether oxygens (including phenoxy) is 3. The summed E-state index contributed by atoms with van der Waals surface area (Å²) in [5.41, 5.74) is 1.99. The molecule has 0 spiro atoms. The molecule has 1 aromatic carbocycles. The molecule has 1 heterocycles. The Morgan fingerprint density at radius 2 is 1.60 bits per heavy atom. The Balaban J connectivity index is 1.11. The first kappa shape index (κ1) is 30.1. The van der Waals surface area contributed by atoms with Crippen LogP contribution in [-0.2, 0) is 9.47 Å². The van der Waals surface area contributed by atoms with E-state index in [4.69, 9.17) is 14.2 Å². The minimum Gasteiger partial charge on any atom is -0.478 e. The Hall–Kier alpha value is -1.59. The summed E-state index contributed by atoms with van der Waals surface area (Å²) in [5, 5.41) is 9.54. The van der Waals surface area contributed by atoms with Gasteiger partial charge in [-0.05, 0) is 133 Å². The number of hydrogen-bond donors (Lipinski definition) is 1. The molecule has 238 valence electrons. The van der Waals surface area contributed by atoms with Crippen LogP contribution in [0.2, 0.25) is 0 Å². The molecule has 5 nitrogen and oxygen atoms in total. The minimum atomic E-state index is -0.974. The maximum Gasteiger partial charge on any atom is 0.339 e. The van der Waals surface area contributed by atoms with Crippen LogP contribution in [0.5, 0.6) is 5.75 Å². The number of carboxylic acids is 1. The summed E-state index contributed by atoms with van der Waals surface area (Å²) >= 11 is 0. The van der Waals surface area contributed by atoms with Gasteiger partial charge in [-0.2, -0.15) is 0 Å². The van der Waals surface area contributed by atoms with Crippen LogP contribution in [0.3, 0.4) is 0 Å². The molecular formula is C38H56O5. The Morgan fingerprint density at radius 3 is 2.37 bits per heavy atom. The quantitative estimate of drug-likeness (QED) is 0.346. The third kappa shape index (κ3) is 4.04. The van der Waals surface area contributed by atoms with Crippen molar-refractivity contribution >= 4 is 5.97 Å². The summed E-state index contributed by atoms with van der Waals surface area (Å²) in [6, 6.07) is 6.84. The first-order valence-electron chi connectivity index (χ1n) is 17.4. The van der Waals surface area contributed by atoms with Gasteiger partial charge in [0.2, 0.25) is 0 Å². The standard InChI is InChI=1S/C38H56O5/c1-33(2)18-20-38-21-19-36(6)25(30(38)31(33)41-22-38)12-13-28-35(5)16-15-29(34(3,4)27(35)14-17-37(28,36)7)43-23-42-26-11-9-8-10-24(26)32(39)40/h8-11,25,27-31H,12-23H2,1-7H3,(H,39,40)/t25?,27?,28?,29?,30?,31?,35-,36-,37+,38?/m0/s1. The van der Waals surface area contributed by atoms with Crippen LogP contribution in [0, 0.1) is 56.2 Å². The lowest BCUT2D eigenvalue weighted by Crippen LogP contribution is -2.67. The van der Waals surface area contributed by atoms with E-state index in [2.05, 4.69) is 48.5 Å². The zero-order valence-corrected chi connectivity index (χ0v) is 27.8. The number of rotatable bonds is 5. The first-order chi connectivity index (χ1) is 20.2. The highest BCUT2D eigenvalue weighted by atomic mass is 16.7. The molecule has 1 N–H and O–H groups in total. The van der Waals surface area contributed by atoms with Gasteiger partial charge in [-0.3, -0.25) is 0 Å². The molecule has 5 heteroatoms. The Bertz CT molecular complexity index is 1270. The number of fused-ring (bicyclic) bond motifs is 5. The lowest BCUT2D eigenvalue weighted by molar-refractivity contribution is -0.258. The number of carboxylic acid groups (broad SMARTS) is 1. The molecule has 1 saturated heterocycles. The van der Waals surface area contributed by atoms with Crippen molar-refractivity contribution < 1.29 is 24.1 Å². The molecule has 7 unspecified atom stereocenters. The zero-order chi connectivity index (χ0) is 30.6. The van der Waals surface area contributed by atoms with E-state index in [0.717, 1.165) is 30.8 Å². The van der Waals surface area contributed by atoms with Gasteiger partial charge in [0.25, 0.3) is 0 Å². The van der Waals surface area contributed by atoms with Crippen LogP contribution in [0.25, 0.3) is 0 Å². The van der Waals surface area contributed by atoms with Crippen molar-refractivity contribution in [2.45, 2.75) is 125 Å². The van der Waals surface area contributed by atoms with Crippen LogP contribution in [0.1, 0.15) is 123 Å². The Morgan fingerprint density at radius 1 is 0.860 bits per heavy atom. The molecule has 0 amide bonds. The highest BCUT2D eigenvalue weighted by Crippen LogP contribution is 2.78. The van der Waals surface area contributed by atoms with Crippen molar-refractivity contribution in [1.29, 1.82) is 0 Å². The summed E-state index contributed by atoms with van der Waals surface area (Å²) < 4.78 is 19.1. The number of para-hydroxylation sites is 1. The normalized spacial score (nSPS) is 47.4. The van der Waals surface area contributed by atoms with Crippen LogP contribution in [0.4, 0.5) is 0 Å². The highest BCUT2D eigenvalue weighted by molar-refractivity contribution is 5.90. The number of benzene rings is 1. The fraction of sp³-hybridized carbons (Fsp3) is 0.816. The Labute approximate surface area is 259 Å². The SMILES string of the molecule is CC1(C)CCC23CC[C@@]4(C)C(CCC5[C@@]6(C)CCC(OCOc7ccccc7C(=O)O)C(C)(C)C6CC[C@]54C)C2C1OC3. The number of carbonyl (C=O) groups is 1. The van der Waals surface area contributed by atoms with Gasteiger partial charge in [0.05, 0.1) is 18.8 Å². The zero-order valence-electron chi connectivity index (χ0n) is 27.8. The molecule has 1 aliphatic heterocycles. The summed E-state index contributed by atoms with van der Waals surface area (Å²) in [6.45, 7) is 19.0. The van der Waals surface area contributed by atoms with Crippen molar-refractivity contribution in [3.8, 4) is 5.75 Å². The highest BCUT2D eigenvalue weighted by Gasteiger charge is 2.72. The fourth-order valence-corrected chi connectivity index (χ4v) is 13.2. The lowest BCUT2D eigenvalue weighted by atomic mass is 9.31. The van der Waals surface area contributed by atoms with Crippen LogP contribution in [-0.4, -0.2) is 36.7 Å². The van der Waals surface area contributed by atoms with Gasteiger partial charge in [0, 0.05) is 0 Å². The molecular weight excluding hydrogens is 536 g/mol. The van der Waals surface area contributed by atoms with E-state index in [0.29, 0.717) is 44.8 Å². The monoisotopic (exact) mass is 592 g/mol. The first-order valence-corrected chi connectivity index (χ1v) is 17.4. The fourth-order valence-electron chi connectivity index (χ4n) is 13.2. The van der Waals surface area contributed by atoms with Crippen molar-refractivity contribution in [2.24, 2.45) is 56.2 Å². The predicted octanol–water partition coefficient (Wildman–Crippen LogP) is 9.00. The van der Waals surface area contributed by atoms with Gasteiger partial charge in [-0.1, -0.05) is 60.6 Å². The maximum atomic E-state index is 11.6. The number of hydrogen-bond acceptors (Lipinski definition) is 4. The largest absolute Gasteiger partial charge is 0.478 e. The van der Waals surface area contributed by atoms with E-state index in [-0.39, 0.29) is 23.9 Å². The molecule has 5 saturated carbocycles. The van der Waals surface area contributed by atoms with Gasteiger partial charge in [0.1, 0.15) is 11.3 Å². The van der Waals surface area contributed by atoms with Crippen molar-refractivity contribution in [1.82, 2.24) is 0 Å². The van der Waals surface area contributed by atoms with E-state index in [9.17, 15) is 9.90 Å². The smallest absolute Gasteiger partial charge is 0.339 e. The van der Waals surface area contributed by atoms with Crippen molar-refractivity contribution in [3.05, 3.63) is 29.8 Å². The average molecular weight is 593 g/mol. The summed E-state index contributed by atoms with van der Waals surface area (Å²) in [4.78, 5) is 11.6. The summed E-state index contributed by atoms with van der Waals surface area (Å²) in [6.07, 6.45) is 13.5. The van der Waals surface area contributed by atoms with Gasteiger partial charge in [0.15, 0.2) is 6.79 Å². The van der Waals surface area contributed by atoms with Crippen LogP contribution >= 0.6 is 0 Å². The van der Waals surface area contributed by atoms with Crippen molar-refractivity contribution in [3.63, 3.8) is 0 Å². The molecule has 0 radical (unpaired) electrons. The Kier molecular flexibility index (Phi) is 6.79. The molecule has 0 aromatic heterocycles. The molecule has 6 fully saturated rings. The second-order valence-corrected chi connectivity index (χ2v) is 17.9. The van der Waals surface area contributed by atoms with E-state index in [1.165, 1.54) is 57.8 Å². The third-order valence-corrected chi connectivity index (χ3v) is 15.7. The molecule has 43 heavy (non-hydrogen) atoms. The molecule has 1 aromatic rings. The van der Waals surface area contributed by atoms with Crippen LogP contribution in [0.15, 0.2) is 24.3 Å².